The fourth-order valence-electron chi connectivity index (χ4n) is 0.484. The summed E-state index contributed by atoms with van der Waals surface area (Å²) in [6.45, 7) is 5.73. The van der Waals surface area contributed by atoms with Crippen molar-refractivity contribution in [3.05, 3.63) is 37.0 Å². The van der Waals surface area contributed by atoms with Crippen molar-refractivity contribution in [3.8, 4) is 0 Å². The van der Waals surface area contributed by atoms with Crippen LogP contribution >= 0.6 is 0 Å². The van der Waals surface area contributed by atoms with E-state index in [1.807, 2.05) is 18.2 Å². The fourth-order valence-corrected chi connectivity index (χ4v) is 0.484. The summed E-state index contributed by atoms with van der Waals surface area (Å²) in [5.41, 5.74) is 0. The standard InChI is InChI=1S/C9H14/c1-3-5-7-9-8-6-4-2/h3,5,7-9H,1,4,6H2,2H3. The molecule has 0 aliphatic rings. The molecule has 0 fully saturated rings. The Kier molecular flexibility index (Phi) is 6.59. The summed E-state index contributed by atoms with van der Waals surface area (Å²) in [5.74, 6) is 0. The summed E-state index contributed by atoms with van der Waals surface area (Å²) in [5, 5.41) is 0. The smallest absolute Gasteiger partial charge is 0.0350 e. The van der Waals surface area contributed by atoms with Gasteiger partial charge in [0.2, 0.25) is 0 Å². The van der Waals surface area contributed by atoms with E-state index in [4.69, 9.17) is 0 Å². The summed E-state index contributed by atoms with van der Waals surface area (Å²) in [4.78, 5) is 0. The quantitative estimate of drug-likeness (QED) is 0.503. The Morgan fingerprint density at radius 3 is 2.56 bits per heavy atom. The van der Waals surface area contributed by atoms with E-state index >= 15 is 0 Å². The van der Waals surface area contributed by atoms with E-state index in [1.165, 1.54) is 12.8 Å². The summed E-state index contributed by atoms with van der Waals surface area (Å²) in [6.07, 6.45) is 12.3. The van der Waals surface area contributed by atoms with Crippen molar-refractivity contribution < 1.29 is 0 Å². The van der Waals surface area contributed by atoms with Crippen molar-refractivity contribution in [1.82, 2.24) is 0 Å². The van der Waals surface area contributed by atoms with Crippen LogP contribution in [0.15, 0.2) is 37.0 Å². The van der Waals surface area contributed by atoms with Crippen LogP contribution in [0.3, 0.4) is 0 Å². The highest BCUT2D eigenvalue weighted by atomic mass is 13.7. The van der Waals surface area contributed by atoms with E-state index in [1.54, 1.807) is 6.08 Å². The molecule has 0 atom stereocenters. The van der Waals surface area contributed by atoms with Gasteiger partial charge in [-0.3, -0.25) is 0 Å². The van der Waals surface area contributed by atoms with Crippen molar-refractivity contribution >= 4 is 0 Å². The molecule has 0 bridgehead atoms. The van der Waals surface area contributed by atoms with Crippen LogP contribution in [0.2, 0.25) is 0 Å². The molecule has 50 valence electrons. The van der Waals surface area contributed by atoms with Crippen LogP contribution in [-0.2, 0) is 0 Å². The van der Waals surface area contributed by atoms with E-state index in [0.717, 1.165) is 0 Å². The van der Waals surface area contributed by atoms with Gasteiger partial charge in [-0.05, 0) is 6.42 Å². The normalized spacial score (nSPS) is 11.2. The van der Waals surface area contributed by atoms with Crippen LogP contribution < -0.4 is 0 Å². The van der Waals surface area contributed by atoms with Gasteiger partial charge in [-0.1, -0.05) is 50.3 Å². The van der Waals surface area contributed by atoms with Crippen molar-refractivity contribution in [1.29, 1.82) is 0 Å². The first-order valence-corrected chi connectivity index (χ1v) is 3.36. The molecule has 0 spiro atoms. The maximum absolute atomic E-state index is 3.56. The Balaban J connectivity index is 3.23. The molecule has 0 aliphatic carbocycles. The molecular weight excluding hydrogens is 108 g/mol. The minimum Gasteiger partial charge on any atom is -0.0991 e. The molecule has 0 nitrogen and oxygen atoms in total. The summed E-state index contributed by atoms with van der Waals surface area (Å²) >= 11 is 0. The van der Waals surface area contributed by atoms with Crippen LogP contribution in [0.1, 0.15) is 19.8 Å². The first-order valence-electron chi connectivity index (χ1n) is 3.36. The van der Waals surface area contributed by atoms with Crippen LogP contribution in [0.25, 0.3) is 0 Å². The van der Waals surface area contributed by atoms with Gasteiger partial charge in [-0.2, -0.15) is 0 Å². The lowest BCUT2D eigenvalue weighted by molar-refractivity contribution is 0.959. The fraction of sp³-hybridized carbons (Fsp3) is 0.333. The van der Waals surface area contributed by atoms with Crippen LogP contribution in [-0.4, -0.2) is 0 Å². The van der Waals surface area contributed by atoms with Gasteiger partial charge in [-0.15, -0.1) is 0 Å². The molecule has 0 unspecified atom stereocenters. The van der Waals surface area contributed by atoms with Gasteiger partial charge in [-0.25, -0.2) is 0 Å². The van der Waals surface area contributed by atoms with Crippen molar-refractivity contribution in [3.63, 3.8) is 0 Å². The lowest BCUT2D eigenvalue weighted by Crippen LogP contribution is -1.57. The topological polar surface area (TPSA) is 0 Å². The average molecular weight is 122 g/mol. The first kappa shape index (κ1) is 8.22. The number of hydrogen-bond acceptors (Lipinski definition) is 0. The predicted molar refractivity (Wildman–Crippen MR) is 43.4 cm³/mol. The SMILES string of the molecule is C=CC=CC=CCCC. The molecule has 0 aromatic rings. The molecule has 0 heteroatoms. The Labute approximate surface area is 57.6 Å². The van der Waals surface area contributed by atoms with E-state index in [2.05, 4.69) is 19.6 Å². The van der Waals surface area contributed by atoms with E-state index in [0.29, 0.717) is 0 Å². The largest absolute Gasteiger partial charge is 0.0991 e. The Morgan fingerprint density at radius 1 is 1.22 bits per heavy atom. The lowest BCUT2D eigenvalue weighted by atomic mass is 10.3. The Morgan fingerprint density at radius 2 is 2.00 bits per heavy atom. The van der Waals surface area contributed by atoms with Gasteiger partial charge < -0.3 is 0 Å². The maximum atomic E-state index is 3.56. The van der Waals surface area contributed by atoms with Crippen LogP contribution in [0, 0.1) is 0 Å². The maximum Gasteiger partial charge on any atom is -0.0350 e. The number of unbranched alkanes of at least 4 members (excludes halogenated alkanes) is 1. The van der Waals surface area contributed by atoms with Crippen LogP contribution in [0.5, 0.6) is 0 Å². The minimum atomic E-state index is 1.17. The summed E-state index contributed by atoms with van der Waals surface area (Å²) in [6, 6.07) is 0. The average Bonchev–Trinajstić information content (AvgIpc) is 1.89. The third kappa shape index (κ3) is 7.22. The van der Waals surface area contributed by atoms with Crippen LogP contribution in [0.4, 0.5) is 0 Å². The van der Waals surface area contributed by atoms with E-state index in [9.17, 15) is 0 Å². The van der Waals surface area contributed by atoms with Gasteiger partial charge >= 0.3 is 0 Å². The third-order valence-corrected chi connectivity index (χ3v) is 0.950. The molecule has 0 N–H and O–H groups in total. The first-order chi connectivity index (χ1) is 4.41. The molecule has 0 aliphatic heterocycles. The summed E-state index contributed by atoms with van der Waals surface area (Å²) < 4.78 is 0. The van der Waals surface area contributed by atoms with Gasteiger partial charge in [0.15, 0.2) is 0 Å². The molecule has 0 saturated heterocycles. The van der Waals surface area contributed by atoms with Crippen molar-refractivity contribution in [2.75, 3.05) is 0 Å². The predicted octanol–water partition coefficient (Wildman–Crippen LogP) is 3.08. The van der Waals surface area contributed by atoms with Gasteiger partial charge in [0.25, 0.3) is 0 Å². The zero-order valence-electron chi connectivity index (χ0n) is 6.01. The zero-order valence-corrected chi connectivity index (χ0v) is 6.01. The minimum absolute atomic E-state index is 1.17. The monoisotopic (exact) mass is 122 g/mol. The lowest BCUT2D eigenvalue weighted by Gasteiger charge is -1.78. The Hall–Kier alpha value is -0.780. The zero-order chi connectivity index (χ0) is 6.95. The third-order valence-electron chi connectivity index (χ3n) is 0.950. The molecule has 9 heavy (non-hydrogen) atoms. The molecule has 0 amide bonds. The summed E-state index contributed by atoms with van der Waals surface area (Å²) in [7, 11) is 0. The van der Waals surface area contributed by atoms with Gasteiger partial charge in [0.1, 0.15) is 0 Å². The second-order valence-electron chi connectivity index (χ2n) is 1.84. The highest BCUT2D eigenvalue weighted by Crippen LogP contribution is 1.88. The Bertz CT molecular complexity index is 107. The molecule has 0 saturated carbocycles. The second-order valence-corrected chi connectivity index (χ2v) is 1.84. The van der Waals surface area contributed by atoms with E-state index in [-0.39, 0.29) is 0 Å². The van der Waals surface area contributed by atoms with Gasteiger partial charge in [0.05, 0.1) is 0 Å². The molecule has 0 radical (unpaired) electrons. The molecule has 0 aromatic carbocycles. The van der Waals surface area contributed by atoms with E-state index < -0.39 is 0 Å². The molecule has 0 heterocycles. The van der Waals surface area contributed by atoms with Crippen molar-refractivity contribution in [2.45, 2.75) is 19.8 Å². The number of allylic oxidation sites excluding steroid dienone is 5. The molecular formula is C9H14. The molecule has 0 rings (SSSR count). The van der Waals surface area contributed by atoms with Crippen molar-refractivity contribution in [2.24, 2.45) is 0 Å². The molecule has 0 aromatic heterocycles. The number of rotatable bonds is 4. The second kappa shape index (κ2) is 7.22. The number of hydrogen-bond donors (Lipinski definition) is 0. The highest BCUT2D eigenvalue weighted by molar-refractivity contribution is 5.08. The van der Waals surface area contributed by atoms with Gasteiger partial charge in [0, 0.05) is 0 Å². The highest BCUT2D eigenvalue weighted by Gasteiger charge is 1.67.